The zero-order valence-electron chi connectivity index (χ0n) is 18.8. The van der Waals surface area contributed by atoms with Crippen LogP contribution in [0, 0.1) is 0 Å². The van der Waals surface area contributed by atoms with Crippen molar-refractivity contribution < 1.29 is 28.6 Å². The number of methoxy groups -OCH3 is 2. The maximum Gasteiger partial charge on any atom is 0.413 e. The number of nitrogens with zero attached hydrogens (tertiary/aromatic N) is 1. The SMILES string of the molecule is CCCCCC(=O)Nc1cc(Oc2ccccc2)ccc1N=C(NC(=O)OC)NC(=O)OC. The summed E-state index contributed by atoms with van der Waals surface area (Å²) in [7, 11) is 2.34. The van der Waals surface area contributed by atoms with Crippen molar-refractivity contribution in [3.8, 4) is 11.5 Å². The van der Waals surface area contributed by atoms with E-state index < -0.39 is 12.2 Å². The molecule has 176 valence electrons. The van der Waals surface area contributed by atoms with Crippen molar-refractivity contribution in [3.05, 3.63) is 48.5 Å². The molecule has 0 fully saturated rings. The fourth-order valence-corrected chi connectivity index (χ4v) is 2.65. The van der Waals surface area contributed by atoms with Crippen LogP contribution in [0.5, 0.6) is 11.5 Å². The first-order valence-corrected chi connectivity index (χ1v) is 10.4. The summed E-state index contributed by atoms with van der Waals surface area (Å²) in [6.45, 7) is 2.05. The van der Waals surface area contributed by atoms with Gasteiger partial charge in [-0.15, -0.1) is 0 Å². The van der Waals surface area contributed by atoms with Gasteiger partial charge in [-0.1, -0.05) is 38.0 Å². The molecule has 3 N–H and O–H groups in total. The lowest BCUT2D eigenvalue weighted by molar-refractivity contribution is -0.116. The van der Waals surface area contributed by atoms with Gasteiger partial charge in [0, 0.05) is 12.5 Å². The molecule has 0 spiro atoms. The lowest BCUT2D eigenvalue weighted by Gasteiger charge is -2.13. The Hall–Kier alpha value is -4.08. The van der Waals surface area contributed by atoms with Crippen molar-refractivity contribution in [2.45, 2.75) is 32.6 Å². The van der Waals surface area contributed by atoms with E-state index in [2.05, 4.69) is 37.3 Å². The van der Waals surface area contributed by atoms with Gasteiger partial charge >= 0.3 is 12.2 Å². The maximum absolute atomic E-state index is 12.5. The second kappa shape index (κ2) is 13.4. The molecule has 0 saturated carbocycles. The highest BCUT2D eigenvalue weighted by molar-refractivity contribution is 6.03. The highest BCUT2D eigenvalue weighted by Crippen LogP contribution is 2.32. The number of hydrogen-bond donors (Lipinski definition) is 3. The van der Waals surface area contributed by atoms with E-state index >= 15 is 0 Å². The van der Waals surface area contributed by atoms with E-state index in [1.165, 1.54) is 14.2 Å². The van der Waals surface area contributed by atoms with Crippen LogP contribution in [0.25, 0.3) is 0 Å². The molecule has 0 radical (unpaired) electrons. The molecule has 0 aliphatic carbocycles. The minimum absolute atomic E-state index is 0.194. The van der Waals surface area contributed by atoms with Crippen LogP contribution >= 0.6 is 0 Å². The molecule has 0 saturated heterocycles. The predicted octanol–water partition coefficient (Wildman–Crippen LogP) is 4.70. The van der Waals surface area contributed by atoms with Gasteiger partial charge in [0.15, 0.2) is 0 Å². The van der Waals surface area contributed by atoms with Crippen molar-refractivity contribution in [3.63, 3.8) is 0 Å². The zero-order chi connectivity index (χ0) is 24.1. The number of hydrogen-bond acceptors (Lipinski definition) is 7. The topological polar surface area (TPSA) is 127 Å². The molecule has 10 nitrogen and oxygen atoms in total. The van der Waals surface area contributed by atoms with E-state index in [0.717, 1.165) is 19.3 Å². The number of alkyl carbamates (subject to hydrolysis) is 2. The minimum atomic E-state index is -0.848. The summed E-state index contributed by atoms with van der Waals surface area (Å²) >= 11 is 0. The molecule has 0 aliphatic rings. The third kappa shape index (κ3) is 8.90. The van der Waals surface area contributed by atoms with Crippen LogP contribution in [0.15, 0.2) is 53.5 Å². The number of aliphatic imine (C=N–C) groups is 1. The molecule has 0 unspecified atom stereocenters. The van der Waals surface area contributed by atoms with Crippen molar-refractivity contribution in [2.75, 3.05) is 19.5 Å². The molecule has 0 atom stereocenters. The van der Waals surface area contributed by atoms with Gasteiger partial charge in [-0.05, 0) is 30.7 Å². The van der Waals surface area contributed by atoms with Gasteiger partial charge in [0.25, 0.3) is 0 Å². The molecule has 0 heterocycles. The number of carbonyl (C=O) groups is 3. The molecular formula is C23H28N4O6. The number of nitrogens with one attached hydrogen (secondary N) is 3. The summed E-state index contributed by atoms with van der Waals surface area (Å²) in [6, 6.07) is 14.0. The highest BCUT2D eigenvalue weighted by atomic mass is 16.5. The monoisotopic (exact) mass is 456 g/mol. The first kappa shape index (κ1) is 25.2. The standard InChI is InChI=1S/C23H28N4O6/c1-4-5-7-12-20(28)24-19-15-17(33-16-10-8-6-9-11-16)13-14-18(19)25-21(26-22(29)31-2)27-23(30)32-3/h6,8-11,13-15H,4-5,7,12H2,1-3H3,(H,24,28)(H2,25,26,27,29,30). The van der Waals surface area contributed by atoms with Crippen LogP contribution in [0.3, 0.4) is 0 Å². The van der Waals surface area contributed by atoms with Crippen molar-refractivity contribution in [1.29, 1.82) is 0 Å². The number of carbonyl (C=O) groups excluding carboxylic acids is 3. The third-order valence-corrected chi connectivity index (χ3v) is 4.27. The van der Waals surface area contributed by atoms with E-state index in [1.54, 1.807) is 30.3 Å². The Kier molecular flexibility index (Phi) is 10.2. The third-order valence-electron chi connectivity index (χ3n) is 4.27. The van der Waals surface area contributed by atoms with Gasteiger partial charge in [0.1, 0.15) is 11.5 Å². The Balaban J connectivity index is 2.37. The predicted molar refractivity (Wildman–Crippen MR) is 124 cm³/mol. The summed E-state index contributed by atoms with van der Waals surface area (Å²) in [5, 5.41) is 7.40. The Morgan fingerprint density at radius 2 is 1.55 bits per heavy atom. The lowest BCUT2D eigenvalue weighted by atomic mass is 10.2. The fraction of sp³-hybridized carbons (Fsp3) is 0.304. The number of para-hydroxylation sites is 1. The van der Waals surface area contributed by atoms with Crippen LogP contribution in [-0.4, -0.2) is 38.3 Å². The summed E-state index contributed by atoms with van der Waals surface area (Å²) in [4.78, 5) is 40.0. The Morgan fingerprint density at radius 1 is 0.879 bits per heavy atom. The number of anilines is 1. The molecule has 0 aromatic heterocycles. The molecule has 2 aromatic carbocycles. The van der Waals surface area contributed by atoms with Crippen LogP contribution in [0.2, 0.25) is 0 Å². The van der Waals surface area contributed by atoms with Crippen molar-refractivity contribution in [1.82, 2.24) is 10.6 Å². The zero-order valence-corrected chi connectivity index (χ0v) is 18.8. The molecule has 0 bridgehead atoms. The number of benzene rings is 2. The maximum atomic E-state index is 12.5. The first-order chi connectivity index (χ1) is 15.9. The van der Waals surface area contributed by atoms with Crippen LogP contribution in [0.1, 0.15) is 32.6 Å². The lowest BCUT2D eigenvalue weighted by Crippen LogP contribution is -2.43. The van der Waals surface area contributed by atoms with Gasteiger partial charge in [-0.2, -0.15) is 0 Å². The van der Waals surface area contributed by atoms with Gasteiger partial charge in [0.2, 0.25) is 11.9 Å². The Bertz CT molecular complexity index is 958. The van der Waals surface area contributed by atoms with Gasteiger partial charge in [0.05, 0.1) is 25.6 Å². The molecule has 33 heavy (non-hydrogen) atoms. The average molecular weight is 456 g/mol. The summed E-state index contributed by atoms with van der Waals surface area (Å²) in [5.74, 6) is 0.647. The molecule has 2 aromatic rings. The molecular weight excluding hydrogens is 428 g/mol. The summed E-state index contributed by atoms with van der Waals surface area (Å²) in [6.07, 6.45) is 1.32. The van der Waals surface area contributed by atoms with E-state index in [0.29, 0.717) is 23.6 Å². The Labute approximate surface area is 192 Å². The Morgan fingerprint density at radius 3 is 2.15 bits per heavy atom. The largest absolute Gasteiger partial charge is 0.457 e. The smallest absolute Gasteiger partial charge is 0.413 e. The number of amides is 3. The second-order valence-corrected chi connectivity index (χ2v) is 6.79. The number of ether oxygens (including phenoxy) is 3. The number of rotatable bonds is 8. The summed E-state index contributed by atoms with van der Waals surface area (Å²) < 4.78 is 15.0. The van der Waals surface area contributed by atoms with E-state index in [1.807, 2.05) is 18.2 Å². The average Bonchev–Trinajstić information content (AvgIpc) is 2.81. The van der Waals surface area contributed by atoms with Gasteiger partial charge in [-0.25, -0.2) is 14.6 Å². The van der Waals surface area contributed by atoms with Gasteiger partial charge < -0.3 is 19.5 Å². The second-order valence-electron chi connectivity index (χ2n) is 6.79. The number of unbranched alkanes of at least 4 members (excludes halogenated alkanes) is 2. The highest BCUT2D eigenvalue weighted by Gasteiger charge is 2.14. The minimum Gasteiger partial charge on any atom is -0.457 e. The molecule has 2 rings (SSSR count). The normalized spacial score (nSPS) is 9.91. The molecule has 0 aliphatic heterocycles. The first-order valence-electron chi connectivity index (χ1n) is 10.4. The van der Waals surface area contributed by atoms with Crippen LogP contribution in [0.4, 0.5) is 21.0 Å². The van der Waals surface area contributed by atoms with Gasteiger partial charge in [-0.3, -0.25) is 15.4 Å². The van der Waals surface area contributed by atoms with E-state index in [-0.39, 0.29) is 17.6 Å². The molecule has 10 heteroatoms. The fourth-order valence-electron chi connectivity index (χ4n) is 2.65. The summed E-state index contributed by atoms with van der Waals surface area (Å²) in [5.41, 5.74) is 0.600. The van der Waals surface area contributed by atoms with Crippen LogP contribution in [-0.2, 0) is 14.3 Å². The van der Waals surface area contributed by atoms with Crippen molar-refractivity contribution >= 4 is 35.4 Å². The van der Waals surface area contributed by atoms with E-state index in [4.69, 9.17) is 4.74 Å². The molecule has 3 amide bonds. The quantitative estimate of drug-likeness (QED) is 0.300. The van der Waals surface area contributed by atoms with Crippen LogP contribution < -0.4 is 20.7 Å². The van der Waals surface area contributed by atoms with E-state index in [9.17, 15) is 14.4 Å². The number of guanidine groups is 1. The van der Waals surface area contributed by atoms with Crippen molar-refractivity contribution in [2.24, 2.45) is 4.99 Å².